The summed E-state index contributed by atoms with van der Waals surface area (Å²) in [5, 5.41) is 3.52. The van der Waals surface area contributed by atoms with Crippen LogP contribution < -0.4 is 10.1 Å². The van der Waals surface area contributed by atoms with Crippen LogP contribution in [0.3, 0.4) is 0 Å². The Hall–Kier alpha value is -2.33. The molecule has 0 bridgehead atoms. The second-order valence-electron chi connectivity index (χ2n) is 7.55. The molecule has 2 aliphatic heterocycles. The highest BCUT2D eigenvalue weighted by atomic mass is 16.5. The third-order valence-corrected chi connectivity index (χ3v) is 5.57. The van der Waals surface area contributed by atoms with Crippen molar-refractivity contribution >= 4 is 5.91 Å². The van der Waals surface area contributed by atoms with Crippen LogP contribution in [0.1, 0.15) is 36.0 Å². The fourth-order valence-corrected chi connectivity index (χ4v) is 4.26. The number of amides is 1. The number of hydrogen-bond acceptors (Lipinski definition) is 3. The molecule has 136 valence electrons. The molecule has 4 heteroatoms. The first-order valence-electron chi connectivity index (χ1n) is 9.57. The minimum atomic E-state index is 0.119. The summed E-state index contributed by atoms with van der Waals surface area (Å²) in [6.07, 6.45) is 4.75. The molecule has 2 aromatic carbocycles. The summed E-state index contributed by atoms with van der Waals surface area (Å²) >= 11 is 0. The van der Waals surface area contributed by atoms with E-state index in [9.17, 15) is 4.79 Å². The van der Waals surface area contributed by atoms with Gasteiger partial charge in [-0.25, -0.2) is 0 Å². The molecule has 0 aromatic heterocycles. The first-order chi connectivity index (χ1) is 12.7. The fraction of sp³-hybridized carbons (Fsp3) is 0.409. The van der Waals surface area contributed by atoms with E-state index in [4.69, 9.17) is 4.74 Å². The van der Waals surface area contributed by atoms with Gasteiger partial charge in [0.15, 0.2) is 0 Å². The number of ether oxygens (including phenoxy) is 1. The van der Waals surface area contributed by atoms with Crippen LogP contribution in [0, 0.1) is 5.41 Å². The minimum Gasteiger partial charge on any atom is -0.457 e. The Bertz CT molecular complexity index is 748. The van der Waals surface area contributed by atoms with Gasteiger partial charge in [0.2, 0.25) is 0 Å². The number of para-hydroxylation sites is 1. The van der Waals surface area contributed by atoms with E-state index in [1.807, 2.05) is 59.5 Å². The Morgan fingerprint density at radius 1 is 1.00 bits per heavy atom. The summed E-state index contributed by atoms with van der Waals surface area (Å²) in [5.41, 5.74) is 0.976. The normalized spacial score (nSPS) is 23.0. The molecule has 26 heavy (non-hydrogen) atoms. The van der Waals surface area contributed by atoms with Crippen molar-refractivity contribution in [2.24, 2.45) is 5.41 Å². The number of likely N-dealkylation sites (tertiary alicyclic amines) is 1. The third-order valence-electron chi connectivity index (χ3n) is 5.57. The Morgan fingerprint density at radius 2 is 1.81 bits per heavy atom. The smallest absolute Gasteiger partial charge is 0.254 e. The fourth-order valence-electron chi connectivity index (χ4n) is 4.26. The van der Waals surface area contributed by atoms with Gasteiger partial charge < -0.3 is 15.0 Å². The molecule has 0 saturated carbocycles. The lowest BCUT2D eigenvalue weighted by Crippen LogP contribution is -2.52. The van der Waals surface area contributed by atoms with Gasteiger partial charge in [-0.3, -0.25) is 4.79 Å². The van der Waals surface area contributed by atoms with E-state index in [2.05, 4.69) is 5.32 Å². The molecule has 1 spiro atoms. The number of hydrogen-bond donors (Lipinski definition) is 1. The van der Waals surface area contributed by atoms with Crippen molar-refractivity contribution in [1.82, 2.24) is 10.2 Å². The first-order valence-corrected chi connectivity index (χ1v) is 9.57. The Kier molecular flexibility index (Phi) is 4.93. The highest BCUT2D eigenvalue weighted by molar-refractivity contribution is 5.94. The van der Waals surface area contributed by atoms with E-state index in [-0.39, 0.29) is 11.3 Å². The van der Waals surface area contributed by atoms with Gasteiger partial charge in [0, 0.05) is 30.6 Å². The highest BCUT2D eigenvalue weighted by Crippen LogP contribution is 2.36. The van der Waals surface area contributed by atoms with Crippen LogP contribution in [0.2, 0.25) is 0 Å². The quantitative estimate of drug-likeness (QED) is 0.907. The number of piperidine rings is 2. The first kappa shape index (κ1) is 17.1. The van der Waals surface area contributed by atoms with Gasteiger partial charge in [-0.05, 0) is 62.6 Å². The summed E-state index contributed by atoms with van der Waals surface area (Å²) in [7, 11) is 0. The molecule has 2 aliphatic rings. The lowest BCUT2D eigenvalue weighted by molar-refractivity contribution is 0.0434. The minimum absolute atomic E-state index is 0.119. The zero-order chi connectivity index (χ0) is 17.8. The lowest BCUT2D eigenvalue weighted by Gasteiger charge is -2.45. The van der Waals surface area contributed by atoms with Crippen molar-refractivity contribution < 1.29 is 9.53 Å². The standard InChI is InChI=1S/C22H26N2O2/c25-21(24-14-6-12-22(17-24)11-5-13-23-16-22)18-7-4-10-20(15-18)26-19-8-2-1-3-9-19/h1-4,7-10,15,23H,5-6,11-14,16-17H2. The molecule has 0 aliphatic carbocycles. The summed E-state index contributed by atoms with van der Waals surface area (Å²) in [6, 6.07) is 17.2. The van der Waals surface area contributed by atoms with E-state index < -0.39 is 0 Å². The molecule has 2 saturated heterocycles. The molecule has 1 unspecified atom stereocenters. The van der Waals surface area contributed by atoms with Crippen LogP contribution in [0.4, 0.5) is 0 Å². The second-order valence-corrected chi connectivity index (χ2v) is 7.55. The topological polar surface area (TPSA) is 41.6 Å². The molecule has 1 N–H and O–H groups in total. The maximum atomic E-state index is 13.1. The van der Waals surface area contributed by atoms with E-state index in [0.717, 1.165) is 38.3 Å². The number of benzene rings is 2. The van der Waals surface area contributed by atoms with Crippen LogP contribution in [0.15, 0.2) is 54.6 Å². The van der Waals surface area contributed by atoms with Crippen LogP contribution in [-0.2, 0) is 0 Å². The zero-order valence-electron chi connectivity index (χ0n) is 15.1. The SMILES string of the molecule is O=C(c1cccc(Oc2ccccc2)c1)N1CCCC2(CCCNC2)C1. The monoisotopic (exact) mass is 350 g/mol. The number of rotatable bonds is 3. The van der Waals surface area contributed by atoms with Gasteiger partial charge in [-0.15, -0.1) is 0 Å². The van der Waals surface area contributed by atoms with Gasteiger partial charge in [0.1, 0.15) is 11.5 Å². The number of carbonyl (C=O) groups excluding carboxylic acids is 1. The molecule has 2 aromatic rings. The maximum absolute atomic E-state index is 13.1. The number of carbonyl (C=O) groups is 1. The molecule has 2 fully saturated rings. The molecular weight excluding hydrogens is 324 g/mol. The molecular formula is C22H26N2O2. The van der Waals surface area contributed by atoms with E-state index >= 15 is 0 Å². The van der Waals surface area contributed by atoms with Crippen LogP contribution >= 0.6 is 0 Å². The predicted octanol–water partition coefficient (Wildman–Crippen LogP) is 4.08. The van der Waals surface area contributed by atoms with Gasteiger partial charge >= 0.3 is 0 Å². The van der Waals surface area contributed by atoms with E-state index in [0.29, 0.717) is 11.3 Å². The van der Waals surface area contributed by atoms with Crippen molar-refractivity contribution in [1.29, 1.82) is 0 Å². The van der Waals surface area contributed by atoms with Crippen molar-refractivity contribution in [2.75, 3.05) is 26.2 Å². The molecule has 4 rings (SSSR count). The summed E-state index contributed by atoms with van der Waals surface area (Å²) in [5.74, 6) is 1.60. The average Bonchev–Trinajstić information content (AvgIpc) is 2.69. The van der Waals surface area contributed by atoms with Gasteiger partial charge in [-0.1, -0.05) is 24.3 Å². The highest BCUT2D eigenvalue weighted by Gasteiger charge is 2.38. The van der Waals surface area contributed by atoms with E-state index in [1.165, 1.54) is 19.3 Å². The summed E-state index contributed by atoms with van der Waals surface area (Å²) < 4.78 is 5.89. The lowest BCUT2D eigenvalue weighted by atomic mass is 9.74. The summed E-state index contributed by atoms with van der Waals surface area (Å²) in [4.78, 5) is 15.1. The van der Waals surface area contributed by atoms with Gasteiger partial charge in [-0.2, -0.15) is 0 Å². The largest absolute Gasteiger partial charge is 0.457 e. The van der Waals surface area contributed by atoms with Gasteiger partial charge in [0.25, 0.3) is 5.91 Å². The Morgan fingerprint density at radius 3 is 2.62 bits per heavy atom. The molecule has 2 heterocycles. The Labute approximate surface area is 155 Å². The molecule has 4 nitrogen and oxygen atoms in total. The van der Waals surface area contributed by atoms with Gasteiger partial charge in [0.05, 0.1) is 0 Å². The van der Waals surface area contributed by atoms with Crippen LogP contribution in [0.25, 0.3) is 0 Å². The van der Waals surface area contributed by atoms with Crippen molar-refractivity contribution in [3.8, 4) is 11.5 Å². The molecule has 1 atom stereocenters. The average molecular weight is 350 g/mol. The van der Waals surface area contributed by atoms with Crippen molar-refractivity contribution in [3.05, 3.63) is 60.2 Å². The van der Waals surface area contributed by atoms with Crippen LogP contribution in [0.5, 0.6) is 11.5 Å². The van der Waals surface area contributed by atoms with Crippen molar-refractivity contribution in [2.45, 2.75) is 25.7 Å². The second kappa shape index (κ2) is 7.50. The van der Waals surface area contributed by atoms with Crippen LogP contribution in [-0.4, -0.2) is 37.0 Å². The number of nitrogens with zero attached hydrogens (tertiary/aromatic N) is 1. The number of nitrogens with one attached hydrogen (secondary N) is 1. The van der Waals surface area contributed by atoms with E-state index in [1.54, 1.807) is 0 Å². The predicted molar refractivity (Wildman–Crippen MR) is 103 cm³/mol. The maximum Gasteiger partial charge on any atom is 0.254 e. The Balaban J connectivity index is 1.48. The zero-order valence-corrected chi connectivity index (χ0v) is 15.1. The molecule has 0 radical (unpaired) electrons. The van der Waals surface area contributed by atoms with Crippen molar-refractivity contribution in [3.63, 3.8) is 0 Å². The summed E-state index contributed by atoms with van der Waals surface area (Å²) in [6.45, 7) is 3.86. The molecule has 1 amide bonds. The third kappa shape index (κ3) is 3.75.